The smallest absolute Gasteiger partial charge is 0.150 e. The molecule has 0 aliphatic carbocycles. The molecule has 13 heavy (non-hydrogen) atoms. The van der Waals surface area contributed by atoms with Crippen LogP contribution in [0.15, 0.2) is 24.3 Å². The fourth-order valence-electron chi connectivity index (χ4n) is 1.03. The maximum atomic E-state index is 13.2. The molecule has 0 saturated heterocycles. The van der Waals surface area contributed by atoms with E-state index in [1.54, 1.807) is 25.1 Å². The Hall–Kier alpha value is -0.700. The molecular weight excluding hydrogens is 235 g/mol. The molecule has 1 aromatic rings. The van der Waals surface area contributed by atoms with Crippen LogP contribution in [0.3, 0.4) is 0 Å². The first kappa shape index (κ1) is 10.4. The molecule has 0 aliphatic rings. The van der Waals surface area contributed by atoms with Crippen LogP contribution in [0.25, 0.3) is 0 Å². The third-order valence-corrected chi connectivity index (χ3v) is 2.81. The number of ketones is 1. The Balaban J connectivity index is 2.95. The molecule has 0 heterocycles. The standard InChI is InChI=1S/C10H10BrFO/c1-2-9(13)10(11)7-5-3-4-6-8(7)12/h3-6,10H,2H2,1H3. The van der Waals surface area contributed by atoms with Crippen molar-refractivity contribution in [1.29, 1.82) is 0 Å². The van der Waals surface area contributed by atoms with Gasteiger partial charge in [-0.2, -0.15) is 0 Å². The van der Waals surface area contributed by atoms with E-state index >= 15 is 0 Å². The van der Waals surface area contributed by atoms with E-state index in [0.29, 0.717) is 12.0 Å². The van der Waals surface area contributed by atoms with Gasteiger partial charge in [0, 0.05) is 12.0 Å². The van der Waals surface area contributed by atoms with Crippen molar-refractivity contribution in [3.05, 3.63) is 35.6 Å². The highest BCUT2D eigenvalue weighted by atomic mass is 79.9. The molecule has 0 aromatic heterocycles. The molecule has 1 atom stereocenters. The van der Waals surface area contributed by atoms with Gasteiger partial charge < -0.3 is 0 Å². The van der Waals surface area contributed by atoms with Crippen molar-refractivity contribution in [2.24, 2.45) is 0 Å². The molecule has 0 N–H and O–H groups in total. The Morgan fingerprint density at radius 2 is 2.15 bits per heavy atom. The maximum absolute atomic E-state index is 13.2. The zero-order chi connectivity index (χ0) is 9.84. The van der Waals surface area contributed by atoms with E-state index in [9.17, 15) is 9.18 Å². The van der Waals surface area contributed by atoms with E-state index in [2.05, 4.69) is 15.9 Å². The molecule has 70 valence electrons. The molecule has 0 saturated carbocycles. The number of carbonyl (C=O) groups excluding carboxylic acids is 1. The molecule has 0 radical (unpaired) electrons. The Kier molecular flexibility index (Phi) is 3.60. The van der Waals surface area contributed by atoms with Crippen LogP contribution in [0.5, 0.6) is 0 Å². The van der Waals surface area contributed by atoms with Crippen LogP contribution in [0.1, 0.15) is 23.7 Å². The molecule has 0 spiro atoms. The summed E-state index contributed by atoms with van der Waals surface area (Å²) in [6.07, 6.45) is 0.407. The molecule has 0 aliphatic heterocycles. The second-order valence-corrected chi connectivity index (χ2v) is 3.62. The SMILES string of the molecule is CCC(=O)C(Br)c1ccccc1F. The van der Waals surface area contributed by atoms with Crippen molar-refractivity contribution in [3.63, 3.8) is 0 Å². The van der Waals surface area contributed by atoms with Crippen molar-refractivity contribution >= 4 is 21.7 Å². The molecule has 3 heteroatoms. The lowest BCUT2D eigenvalue weighted by atomic mass is 10.1. The van der Waals surface area contributed by atoms with Crippen molar-refractivity contribution in [3.8, 4) is 0 Å². The van der Waals surface area contributed by atoms with Gasteiger partial charge in [-0.15, -0.1) is 0 Å². The largest absolute Gasteiger partial charge is 0.298 e. The summed E-state index contributed by atoms with van der Waals surface area (Å²) in [5, 5.41) is 0. The van der Waals surface area contributed by atoms with Gasteiger partial charge >= 0.3 is 0 Å². The molecule has 1 nitrogen and oxygen atoms in total. The zero-order valence-corrected chi connectivity index (χ0v) is 8.84. The minimum atomic E-state index is -0.515. The maximum Gasteiger partial charge on any atom is 0.150 e. The number of hydrogen-bond donors (Lipinski definition) is 0. The third-order valence-electron chi connectivity index (χ3n) is 1.81. The lowest BCUT2D eigenvalue weighted by Crippen LogP contribution is -2.06. The number of halogens is 2. The molecule has 0 bridgehead atoms. The van der Waals surface area contributed by atoms with Gasteiger partial charge in [-0.25, -0.2) is 4.39 Å². The summed E-state index contributed by atoms with van der Waals surface area (Å²) in [5.74, 6) is -0.351. The summed E-state index contributed by atoms with van der Waals surface area (Å²) in [7, 11) is 0. The van der Waals surface area contributed by atoms with Crippen LogP contribution in [0.4, 0.5) is 4.39 Å². The van der Waals surface area contributed by atoms with Crippen LogP contribution in [-0.2, 0) is 4.79 Å². The minimum absolute atomic E-state index is 0.00917. The van der Waals surface area contributed by atoms with E-state index in [4.69, 9.17) is 0 Å². The summed E-state index contributed by atoms with van der Waals surface area (Å²) < 4.78 is 13.2. The van der Waals surface area contributed by atoms with Crippen molar-refractivity contribution in [2.75, 3.05) is 0 Å². The Morgan fingerprint density at radius 3 is 2.69 bits per heavy atom. The van der Waals surface area contributed by atoms with Gasteiger partial charge in [0.25, 0.3) is 0 Å². The number of rotatable bonds is 3. The highest BCUT2D eigenvalue weighted by molar-refractivity contribution is 9.09. The Morgan fingerprint density at radius 1 is 1.54 bits per heavy atom. The van der Waals surface area contributed by atoms with Gasteiger partial charge in [0.05, 0.1) is 0 Å². The van der Waals surface area contributed by atoms with Gasteiger partial charge in [-0.3, -0.25) is 4.79 Å². The van der Waals surface area contributed by atoms with Crippen molar-refractivity contribution in [1.82, 2.24) is 0 Å². The molecule has 0 amide bonds. The van der Waals surface area contributed by atoms with Crippen LogP contribution in [0.2, 0.25) is 0 Å². The normalized spacial score (nSPS) is 12.5. The molecule has 1 unspecified atom stereocenters. The second kappa shape index (κ2) is 4.51. The number of alkyl halides is 1. The highest BCUT2D eigenvalue weighted by Crippen LogP contribution is 2.26. The highest BCUT2D eigenvalue weighted by Gasteiger charge is 2.17. The first-order valence-electron chi connectivity index (χ1n) is 4.08. The Labute approximate surface area is 85.1 Å². The third kappa shape index (κ3) is 2.37. The fourth-order valence-corrected chi connectivity index (χ4v) is 1.73. The minimum Gasteiger partial charge on any atom is -0.298 e. The lowest BCUT2D eigenvalue weighted by Gasteiger charge is -2.08. The first-order chi connectivity index (χ1) is 6.16. The predicted molar refractivity (Wildman–Crippen MR) is 53.4 cm³/mol. The van der Waals surface area contributed by atoms with E-state index in [1.165, 1.54) is 6.07 Å². The predicted octanol–water partition coefficient (Wildman–Crippen LogP) is 3.24. The second-order valence-electron chi connectivity index (χ2n) is 2.70. The van der Waals surface area contributed by atoms with Gasteiger partial charge in [0.15, 0.2) is 5.78 Å². The number of Topliss-reactive ketones (excluding diaryl/α,β-unsaturated/α-hetero) is 1. The summed E-state index contributed by atoms with van der Waals surface area (Å²) >= 11 is 3.17. The average molecular weight is 245 g/mol. The van der Waals surface area contributed by atoms with Crippen LogP contribution in [-0.4, -0.2) is 5.78 Å². The average Bonchev–Trinajstić information content (AvgIpc) is 2.16. The van der Waals surface area contributed by atoms with Gasteiger partial charge in [0.1, 0.15) is 10.6 Å². The topological polar surface area (TPSA) is 17.1 Å². The van der Waals surface area contributed by atoms with Gasteiger partial charge in [-0.05, 0) is 6.07 Å². The van der Waals surface area contributed by atoms with E-state index in [0.717, 1.165) is 0 Å². The summed E-state index contributed by atoms with van der Waals surface area (Å²) in [4.78, 5) is 10.7. The van der Waals surface area contributed by atoms with Gasteiger partial charge in [-0.1, -0.05) is 41.1 Å². The molecule has 1 aromatic carbocycles. The van der Waals surface area contributed by atoms with Crippen LogP contribution >= 0.6 is 15.9 Å². The lowest BCUT2D eigenvalue weighted by molar-refractivity contribution is -0.118. The molecule has 0 fully saturated rings. The van der Waals surface area contributed by atoms with E-state index < -0.39 is 4.83 Å². The first-order valence-corrected chi connectivity index (χ1v) is 4.99. The van der Waals surface area contributed by atoms with E-state index in [1.807, 2.05) is 0 Å². The molecular formula is C10H10BrFO. The zero-order valence-electron chi connectivity index (χ0n) is 7.26. The summed E-state index contributed by atoms with van der Waals surface area (Å²) in [5.41, 5.74) is 0.411. The monoisotopic (exact) mass is 244 g/mol. The molecule has 1 rings (SSSR count). The summed E-state index contributed by atoms with van der Waals surface area (Å²) in [6.45, 7) is 1.76. The fraction of sp³-hybridized carbons (Fsp3) is 0.300. The van der Waals surface area contributed by atoms with Crippen LogP contribution < -0.4 is 0 Å². The van der Waals surface area contributed by atoms with Crippen LogP contribution in [0, 0.1) is 5.82 Å². The quantitative estimate of drug-likeness (QED) is 0.747. The van der Waals surface area contributed by atoms with Crippen molar-refractivity contribution < 1.29 is 9.18 Å². The number of carbonyl (C=O) groups is 1. The summed E-state index contributed by atoms with van der Waals surface area (Å²) in [6, 6.07) is 6.29. The number of hydrogen-bond acceptors (Lipinski definition) is 1. The number of benzene rings is 1. The Bertz CT molecular complexity index is 312. The van der Waals surface area contributed by atoms with Crippen molar-refractivity contribution in [2.45, 2.75) is 18.2 Å². The van der Waals surface area contributed by atoms with Gasteiger partial charge in [0.2, 0.25) is 0 Å². The van der Waals surface area contributed by atoms with E-state index in [-0.39, 0.29) is 11.6 Å².